The van der Waals surface area contributed by atoms with E-state index in [0.29, 0.717) is 42.4 Å². The third-order valence-corrected chi connectivity index (χ3v) is 7.98. The number of hydrogen-bond acceptors (Lipinski definition) is 5. The minimum Gasteiger partial charge on any atom is -0.479 e. The van der Waals surface area contributed by atoms with Crippen molar-refractivity contribution in [2.45, 2.75) is 50.5 Å². The van der Waals surface area contributed by atoms with Crippen molar-refractivity contribution in [2.75, 3.05) is 23.7 Å². The normalized spacial score (nSPS) is 21.2. The molecule has 4 rings (SSSR count). The molecule has 1 fully saturated rings. The molecule has 0 bridgehead atoms. The molecule has 2 aromatic rings. The number of carbonyl (C=O) groups is 2. The first-order valence-corrected chi connectivity index (χ1v) is 12.6. The second kappa shape index (κ2) is 9.15. The summed E-state index contributed by atoms with van der Waals surface area (Å²) in [5, 5.41) is 5.59. The third-order valence-electron chi connectivity index (χ3n) is 6.12. The second-order valence-electron chi connectivity index (χ2n) is 8.88. The molecule has 0 aliphatic carbocycles. The van der Waals surface area contributed by atoms with Gasteiger partial charge in [-0.3, -0.25) is 9.59 Å². The fourth-order valence-electron chi connectivity index (χ4n) is 4.07. The SMILES string of the molecule is CC(C)c1ccc(NC(=O)[C@@H]2CCCN(S(=O)(=O)c3ccc4c(c3)NC(=O)[C@@H](C)O4)C2)cc1. The van der Waals surface area contributed by atoms with Crippen molar-refractivity contribution in [1.29, 1.82) is 0 Å². The second-order valence-corrected chi connectivity index (χ2v) is 10.8. The van der Waals surface area contributed by atoms with Crippen LogP contribution in [0.3, 0.4) is 0 Å². The zero-order valence-electron chi connectivity index (χ0n) is 19.0. The number of carbonyl (C=O) groups excluding carboxylic acids is 2. The lowest BCUT2D eigenvalue weighted by molar-refractivity contribution is -0.123. The van der Waals surface area contributed by atoms with Gasteiger partial charge in [-0.05, 0) is 61.6 Å². The Morgan fingerprint density at radius 3 is 2.61 bits per heavy atom. The number of hydrogen-bond donors (Lipinski definition) is 2. The van der Waals surface area contributed by atoms with Crippen LogP contribution in [-0.4, -0.2) is 43.7 Å². The summed E-state index contributed by atoms with van der Waals surface area (Å²) in [5.41, 5.74) is 2.21. The third kappa shape index (κ3) is 4.89. The average molecular weight is 472 g/mol. The van der Waals surface area contributed by atoms with Crippen molar-refractivity contribution in [2.24, 2.45) is 5.92 Å². The van der Waals surface area contributed by atoms with Crippen LogP contribution < -0.4 is 15.4 Å². The van der Waals surface area contributed by atoms with E-state index in [0.717, 1.165) is 0 Å². The molecule has 8 nitrogen and oxygen atoms in total. The van der Waals surface area contributed by atoms with Gasteiger partial charge in [0.25, 0.3) is 5.91 Å². The van der Waals surface area contributed by atoms with Crippen molar-refractivity contribution >= 4 is 33.2 Å². The summed E-state index contributed by atoms with van der Waals surface area (Å²) >= 11 is 0. The molecule has 2 aliphatic rings. The van der Waals surface area contributed by atoms with Gasteiger partial charge in [0.1, 0.15) is 5.75 Å². The number of anilines is 2. The Labute approximate surface area is 194 Å². The van der Waals surface area contributed by atoms with E-state index in [4.69, 9.17) is 4.74 Å². The summed E-state index contributed by atoms with van der Waals surface area (Å²) < 4.78 is 33.4. The van der Waals surface area contributed by atoms with Gasteiger partial charge in [0.15, 0.2) is 6.10 Å². The summed E-state index contributed by atoms with van der Waals surface area (Å²) in [6.45, 7) is 6.28. The molecule has 0 radical (unpaired) electrons. The van der Waals surface area contributed by atoms with Gasteiger partial charge in [0.05, 0.1) is 16.5 Å². The summed E-state index contributed by atoms with van der Waals surface area (Å²) in [5.74, 6) is -0.126. The van der Waals surface area contributed by atoms with Crippen LogP contribution in [0.15, 0.2) is 47.4 Å². The van der Waals surface area contributed by atoms with E-state index in [-0.39, 0.29) is 23.3 Å². The molecule has 0 unspecified atom stereocenters. The lowest BCUT2D eigenvalue weighted by Gasteiger charge is -2.31. The van der Waals surface area contributed by atoms with Crippen molar-refractivity contribution in [3.8, 4) is 5.75 Å². The lowest BCUT2D eigenvalue weighted by atomic mass is 9.98. The van der Waals surface area contributed by atoms with Crippen LogP contribution in [0, 0.1) is 5.92 Å². The summed E-state index contributed by atoms with van der Waals surface area (Å²) in [4.78, 5) is 24.8. The highest BCUT2D eigenvalue weighted by Gasteiger charge is 2.34. The fourth-order valence-corrected chi connectivity index (χ4v) is 5.62. The number of nitrogens with one attached hydrogen (secondary N) is 2. The molecule has 2 atom stereocenters. The molecule has 2 aromatic carbocycles. The van der Waals surface area contributed by atoms with Crippen molar-refractivity contribution in [3.05, 3.63) is 48.0 Å². The molecule has 2 heterocycles. The van der Waals surface area contributed by atoms with Crippen LogP contribution in [0.2, 0.25) is 0 Å². The number of ether oxygens (including phenoxy) is 1. The maximum Gasteiger partial charge on any atom is 0.265 e. The van der Waals surface area contributed by atoms with Gasteiger partial charge in [-0.25, -0.2) is 8.42 Å². The van der Waals surface area contributed by atoms with Crippen LogP contribution in [0.25, 0.3) is 0 Å². The van der Waals surface area contributed by atoms with Crippen LogP contribution in [-0.2, 0) is 19.6 Å². The molecular weight excluding hydrogens is 442 g/mol. The van der Waals surface area contributed by atoms with Gasteiger partial charge in [-0.15, -0.1) is 0 Å². The predicted octanol–water partition coefficient (Wildman–Crippen LogP) is 3.57. The van der Waals surface area contributed by atoms with E-state index in [1.54, 1.807) is 13.0 Å². The zero-order chi connectivity index (χ0) is 23.8. The van der Waals surface area contributed by atoms with Gasteiger partial charge in [-0.1, -0.05) is 26.0 Å². The number of rotatable bonds is 5. The van der Waals surface area contributed by atoms with Crippen LogP contribution in [0.1, 0.15) is 45.1 Å². The predicted molar refractivity (Wildman–Crippen MR) is 126 cm³/mol. The van der Waals surface area contributed by atoms with Gasteiger partial charge in [0, 0.05) is 18.8 Å². The topological polar surface area (TPSA) is 105 Å². The van der Waals surface area contributed by atoms with Gasteiger partial charge in [0.2, 0.25) is 15.9 Å². The number of nitrogens with zero attached hydrogens (tertiary/aromatic N) is 1. The van der Waals surface area contributed by atoms with E-state index in [1.807, 2.05) is 24.3 Å². The fraction of sp³-hybridized carbons (Fsp3) is 0.417. The Bertz CT molecular complexity index is 1160. The Hall–Kier alpha value is -2.91. The van der Waals surface area contributed by atoms with Crippen LogP contribution in [0.4, 0.5) is 11.4 Å². The largest absolute Gasteiger partial charge is 0.479 e. The standard InChI is InChI=1S/C24H29N3O5S/c1-15(2)17-6-8-19(9-7-17)25-24(29)18-5-4-12-27(14-18)33(30,31)20-10-11-22-21(13-20)26-23(28)16(3)32-22/h6-11,13,15-16,18H,4-5,12,14H2,1-3H3,(H,25,29)(H,26,28)/t16-,18-/m1/s1. The molecule has 33 heavy (non-hydrogen) atoms. The summed E-state index contributed by atoms with van der Waals surface area (Å²) in [7, 11) is -3.83. The van der Waals surface area contributed by atoms with E-state index >= 15 is 0 Å². The molecule has 0 saturated carbocycles. The highest BCUT2D eigenvalue weighted by Crippen LogP contribution is 2.33. The Morgan fingerprint density at radius 1 is 1.18 bits per heavy atom. The first kappa shape index (κ1) is 23.3. The van der Waals surface area contributed by atoms with E-state index in [1.165, 1.54) is 22.0 Å². The first-order chi connectivity index (χ1) is 15.6. The highest BCUT2D eigenvalue weighted by atomic mass is 32.2. The number of benzene rings is 2. The zero-order valence-corrected chi connectivity index (χ0v) is 19.8. The van der Waals surface area contributed by atoms with Gasteiger partial charge >= 0.3 is 0 Å². The molecule has 0 spiro atoms. The van der Waals surface area contributed by atoms with Crippen molar-refractivity contribution < 1.29 is 22.7 Å². The molecule has 176 valence electrons. The van der Waals surface area contributed by atoms with Crippen molar-refractivity contribution in [3.63, 3.8) is 0 Å². The van der Waals surface area contributed by atoms with Crippen molar-refractivity contribution in [1.82, 2.24) is 4.31 Å². The summed E-state index contributed by atoms with van der Waals surface area (Å²) in [6, 6.07) is 12.1. The molecular formula is C24H29N3O5S. The van der Waals surface area contributed by atoms with E-state index in [2.05, 4.69) is 24.5 Å². The van der Waals surface area contributed by atoms with Crippen LogP contribution >= 0.6 is 0 Å². The Balaban J connectivity index is 1.47. The molecule has 2 amide bonds. The number of amides is 2. The number of fused-ring (bicyclic) bond motifs is 1. The quantitative estimate of drug-likeness (QED) is 0.694. The van der Waals surface area contributed by atoms with Gasteiger partial charge in [-0.2, -0.15) is 4.31 Å². The minimum absolute atomic E-state index is 0.0602. The minimum atomic E-state index is -3.83. The average Bonchev–Trinajstić information content (AvgIpc) is 2.80. The summed E-state index contributed by atoms with van der Waals surface area (Å²) in [6.07, 6.45) is 0.572. The molecule has 2 N–H and O–H groups in total. The van der Waals surface area contributed by atoms with E-state index < -0.39 is 22.0 Å². The van der Waals surface area contributed by atoms with Gasteiger partial charge < -0.3 is 15.4 Å². The number of sulfonamides is 1. The Morgan fingerprint density at radius 2 is 1.91 bits per heavy atom. The lowest BCUT2D eigenvalue weighted by Crippen LogP contribution is -2.43. The maximum atomic E-state index is 13.3. The van der Waals surface area contributed by atoms with Crippen LogP contribution in [0.5, 0.6) is 5.75 Å². The number of piperidine rings is 1. The highest BCUT2D eigenvalue weighted by molar-refractivity contribution is 7.89. The molecule has 9 heteroatoms. The smallest absolute Gasteiger partial charge is 0.265 e. The molecule has 0 aromatic heterocycles. The maximum absolute atomic E-state index is 13.3. The molecule has 1 saturated heterocycles. The van der Waals surface area contributed by atoms with E-state index in [9.17, 15) is 18.0 Å². The first-order valence-electron chi connectivity index (χ1n) is 11.2. The molecule has 2 aliphatic heterocycles. The monoisotopic (exact) mass is 471 g/mol. The Kier molecular flexibility index (Phi) is 6.45.